The molecule has 0 amide bonds. The molecule has 37 heavy (non-hydrogen) atoms. The van der Waals surface area contributed by atoms with Crippen LogP contribution >= 0.6 is 0 Å². The number of nitrogens with one attached hydrogen (secondary N) is 1. The number of anilines is 1. The number of piperazine rings is 1. The van der Waals surface area contributed by atoms with Crippen molar-refractivity contribution in [3.05, 3.63) is 80.9 Å². The molecular formula is C28H35N7O2. The number of hydrogen-bond donors (Lipinski definition) is 1. The molecule has 9 nitrogen and oxygen atoms in total. The number of methoxy groups -OCH3 is 1. The van der Waals surface area contributed by atoms with Crippen LogP contribution in [0.2, 0.25) is 0 Å². The number of nitrogens with zero attached hydrogens (tertiary/aromatic N) is 6. The second-order valence-electron chi connectivity index (χ2n) is 9.73. The molecule has 3 heterocycles. The summed E-state index contributed by atoms with van der Waals surface area (Å²) in [6.07, 6.45) is 0.934. The molecule has 0 bridgehead atoms. The fraction of sp³-hybridized carbons (Fsp3) is 0.429. The molecule has 194 valence electrons. The summed E-state index contributed by atoms with van der Waals surface area (Å²) < 4.78 is 7.05. The Morgan fingerprint density at radius 2 is 1.89 bits per heavy atom. The summed E-state index contributed by atoms with van der Waals surface area (Å²) in [6.45, 7) is 10.7. The first-order chi connectivity index (χ1) is 18.0. The van der Waals surface area contributed by atoms with Gasteiger partial charge in [-0.2, -0.15) is 0 Å². The van der Waals surface area contributed by atoms with Gasteiger partial charge in [-0.15, -0.1) is 5.10 Å². The van der Waals surface area contributed by atoms with E-state index in [0.717, 1.165) is 43.5 Å². The van der Waals surface area contributed by atoms with Crippen molar-refractivity contribution in [2.75, 3.05) is 44.8 Å². The summed E-state index contributed by atoms with van der Waals surface area (Å²) in [7, 11) is 1.66. The molecule has 0 aliphatic carbocycles. The minimum atomic E-state index is -0.369. The number of aryl methyl sites for hydroxylation is 2. The number of rotatable bonds is 8. The SMILES string of the molecule is CCc1ccc2[nH]c(=O)c([C@H](c3nnnn3CCOC)N3CCN(c4cccc(C)c4C)CC3)cc2c1. The van der Waals surface area contributed by atoms with E-state index < -0.39 is 0 Å². The number of H-pyrrole nitrogens is 1. The summed E-state index contributed by atoms with van der Waals surface area (Å²) in [5.41, 5.74) is 6.50. The molecule has 1 N–H and O–H groups in total. The molecule has 0 unspecified atom stereocenters. The van der Waals surface area contributed by atoms with E-state index in [4.69, 9.17) is 4.74 Å². The number of fused-ring (bicyclic) bond motifs is 1. The van der Waals surface area contributed by atoms with Crippen LogP contribution in [0.5, 0.6) is 0 Å². The molecule has 1 atom stereocenters. The van der Waals surface area contributed by atoms with Crippen molar-refractivity contribution in [2.45, 2.75) is 39.8 Å². The van der Waals surface area contributed by atoms with E-state index in [2.05, 4.69) is 81.4 Å². The highest BCUT2D eigenvalue weighted by Crippen LogP contribution is 2.30. The van der Waals surface area contributed by atoms with Crippen LogP contribution in [0.1, 0.15) is 41.0 Å². The zero-order valence-corrected chi connectivity index (χ0v) is 22.1. The quantitative estimate of drug-likeness (QED) is 0.396. The van der Waals surface area contributed by atoms with Gasteiger partial charge in [0, 0.05) is 50.1 Å². The molecule has 1 aliphatic heterocycles. The average Bonchev–Trinajstić information content (AvgIpc) is 3.37. The van der Waals surface area contributed by atoms with Crippen molar-refractivity contribution in [1.29, 1.82) is 0 Å². The van der Waals surface area contributed by atoms with Crippen LogP contribution in [0.4, 0.5) is 5.69 Å². The number of aromatic nitrogens is 5. The number of benzene rings is 2. The Morgan fingerprint density at radius 3 is 2.65 bits per heavy atom. The Bertz CT molecular complexity index is 1440. The minimum absolute atomic E-state index is 0.111. The molecule has 0 spiro atoms. The maximum atomic E-state index is 13.5. The van der Waals surface area contributed by atoms with Crippen molar-refractivity contribution in [1.82, 2.24) is 30.1 Å². The van der Waals surface area contributed by atoms with E-state index >= 15 is 0 Å². The highest BCUT2D eigenvalue weighted by Gasteiger charge is 2.33. The molecule has 1 fully saturated rings. The molecular weight excluding hydrogens is 466 g/mol. The number of tetrazole rings is 1. The van der Waals surface area contributed by atoms with E-state index in [1.807, 2.05) is 12.1 Å². The van der Waals surface area contributed by atoms with Gasteiger partial charge in [0.1, 0.15) is 6.04 Å². The van der Waals surface area contributed by atoms with Crippen LogP contribution in [0.15, 0.2) is 47.3 Å². The molecule has 1 saturated heterocycles. The smallest absolute Gasteiger partial charge is 0.253 e. The van der Waals surface area contributed by atoms with Gasteiger partial charge >= 0.3 is 0 Å². The summed E-state index contributed by atoms with van der Waals surface area (Å²) in [5.74, 6) is 0.661. The molecule has 9 heteroatoms. The number of pyridine rings is 1. The van der Waals surface area contributed by atoms with Gasteiger partial charge in [0.2, 0.25) is 0 Å². The summed E-state index contributed by atoms with van der Waals surface area (Å²) >= 11 is 0. The van der Waals surface area contributed by atoms with Crippen LogP contribution in [0.3, 0.4) is 0 Å². The topological polar surface area (TPSA) is 92.2 Å². The van der Waals surface area contributed by atoms with E-state index in [1.165, 1.54) is 22.4 Å². The maximum Gasteiger partial charge on any atom is 0.253 e. The fourth-order valence-electron chi connectivity index (χ4n) is 5.24. The lowest BCUT2D eigenvalue weighted by Crippen LogP contribution is -2.49. The highest BCUT2D eigenvalue weighted by atomic mass is 16.5. The van der Waals surface area contributed by atoms with E-state index in [0.29, 0.717) is 24.5 Å². The summed E-state index contributed by atoms with van der Waals surface area (Å²) in [5, 5.41) is 13.6. The molecule has 2 aromatic carbocycles. The monoisotopic (exact) mass is 501 g/mol. The zero-order valence-electron chi connectivity index (χ0n) is 22.1. The largest absolute Gasteiger partial charge is 0.383 e. The van der Waals surface area contributed by atoms with Crippen LogP contribution in [0, 0.1) is 13.8 Å². The predicted molar refractivity (Wildman–Crippen MR) is 145 cm³/mol. The average molecular weight is 502 g/mol. The first kappa shape index (κ1) is 25.1. The lowest BCUT2D eigenvalue weighted by atomic mass is 10.0. The van der Waals surface area contributed by atoms with Crippen molar-refractivity contribution in [3.8, 4) is 0 Å². The molecule has 5 rings (SSSR count). The van der Waals surface area contributed by atoms with Gasteiger partial charge in [-0.3, -0.25) is 9.69 Å². The summed E-state index contributed by atoms with van der Waals surface area (Å²) in [6, 6.07) is 14.3. The zero-order chi connectivity index (χ0) is 25.9. The minimum Gasteiger partial charge on any atom is -0.383 e. The lowest BCUT2D eigenvalue weighted by molar-refractivity contribution is 0.171. The van der Waals surface area contributed by atoms with Gasteiger partial charge in [-0.25, -0.2) is 4.68 Å². The van der Waals surface area contributed by atoms with Gasteiger partial charge in [0.25, 0.3) is 5.56 Å². The van der Waals surface area contributed by atoms with Crippen LogP contribution in [0.25, 0.3) is 10.9 Å². The first-order valence-corrected chi connectivity index (χ1v) is 13.0. The van der Waals surface area contributed by atoms with E-state index in [1.54, 1.807) is 11.8 Å². The van der Waals surface area contributed by atoms with Gasteiger partial charge in [0.15, 0.2) is 5.82 Å². The summed E-state index contributed by atoms with van der Waals surface area (Å²) in [4.78, 5) is 21.3. The third kappa shape index (κ3) is 5.01. The Morgan fingerprint density at radius 1 is 1.08 bits per heavy atom. The standard InChI is InChI=1S/C28H35N7O2/c1-5-21-9-10-24-22(17-21)18-23(28(36)29-24)26(27-30-31-32-35(27)15-16-37-4)34-13-11-33(12-14-34)25-8-6-7-19(2)20(25)3/h6-10,17-18,26H,5,11-16H2,1-4H3,(H,29,36)/t26-/m1/s1. The molecule has 0 saturated carbocycles. The van der Waals surface area contributed by atoms with Gasteiger partial charge in [-0.1, -0.05) is 25.1 Å². The van der Waals surface area contributed by atoms with Gasteiger partial charge in [-0.05, 0) is 77.0 Å². The third-order valence-electron chi connectivity index (χ3n) is 7.55. The Kier molecular flexibility index (Phi) is 7.34. The van der Waals surface area contributed by atoms with Crippen molar-refractivity contribution >= 4 is 16.6 Å². The maximum absolute atomic E-state index is 13.5. The Hall–Kier alpha value is -3.56. The fourth-order valence-corrected chi connectivity index (χ4v) is 5.24. The second kappa shape index (κ2) is 10.8. The van der Waals surface area contributed by atoms with Gasteiger partial charge in [0.05, 0.1) is 13.2 Å². The number of aromatic amines is 1. The molecule has 0 radical (unpaired) electrons. The van der Waals surface area contributed by atoms with Crippen LogP contribution in [-0.2, 0) is 17.7 Å². The van der Waals surface area contributed by atoms with Crippen molar-refractivity contribution in [3.63, 3.8) is 0 Å². The highest BCUT2D eigenvalue weighted by molar-refractivity contribution is 5.80. The molecule has 1 aliphatic rings. The molecule has 2 aromatic heterocycles. The Balaban J connectivity index is 1.53. The van der Waals surface area contributed by atoms with Crippen molar-refractivity contribution in [2.24, 2.45) is 0 Å². The van der Waals surface area contributed by atoms with Gasteiger partial charge < -0.3 is 14.6 Å². The second-order valence-corrected chi connectivity index (χ2v) is 9.73. The number of ether oxygens (including phenoxy) is 1. The number of hydrogen-bond acceptors (Lipinski definition) is 7. The van der Waals surface area contributed by atoms with Crippen molar-refractivity contribution < 1.29 is 4.74 Å². The third-order valence-corrected chi connectivity index (χ3v) is 7.55. The van der Waals surface area contributed by atoms with E-state index in [9.17, 15) is 4.79 Å². The van der Waals surface area contributed by atoms with E-state index in [-0.39, 0.29) is 11.6 Å². The Labute approximate surface area is 217 Å². The van der Waals surface area contributed by atoms with Crippen LogP contribution in [-0.4, -0.2) is 70.0 Å². The lowest BCUT2D eigenvalue weighted by Gasteiger charge is -2.40. The van der Waals surface area contributed by atoms with Crippen LogP contribution < -0.4 is 10.5 Å². The normalized spacial score (nSPS) is 15.4. The predicted octanol–water partition coefficient (Wildman–Crippen LogP) is 3.25. The first-order valence-electron chi connectivity index (χ1n) is 13.0. The molecule has 4 aromatic rings.